The molecule has 5 heteroatoms. The van der Waals surface area contributed by atoms with E-state index in [9.17, 15) is 9.59 Å². The summed E-state index contributed by atoms with van der Waals surface area (Å²) in [6, 6.07) is 15.4. The molecule has 2 atom stereocenters. The molecule has 1 N–H and O–H groups in total. The fourth-order valence-corrected chi connectivity index (χ4v) is 3.14. The Morgan fingerprint density at radius 2 is 1.72 bits per heavy atom. The number of anilines is 1. The molecule has 4 nitrogen and oxygen atoms in total. The SMILES string of the molecule is Cc1ccc(NC(=O)C(C)OC(=O)C(C)Sc2ccccc2)c(C)c1. The predicted molar refractivity (Wildman–Crippen MR) is 102 cm³/mol. The average molecular weight is 357 g/mol. The lowest BCUT2D eigenvalue weighted by Crippen LogP contribution is -2.32. The van der Waals surface area contributed by atoms with Crippen LogP contribution in [0, 0.1) is 13.8 Å². The summed E-state index contributed by atoms with van der Waals surface area (Å²) in [4.78, 5) is 25.5. The third kappa shape index (κ3) is 5.64. The molecule has 0 radical (unpaired) electrons. The van der Waals surface area contributed by atoms with Crippen molar-refractivity contribution in [3.63, 3.8) is 0 Å². The molecule has 0 saturated carbocycles. The van der Waals surface area contributed by atoms with Gasteiger partial charge in [-0.3, -0.25) is 9.59 Å². The fourth-order valence-electron chi connectivity index (χ4n) is 2.26. The van der Waals surface area contributed by atoms with E-state index in [0.29, 0.717) is 0 Å². The quantitative estimate of drug-likeness (QED) is 0.617. The summed E-state index contributed by atoms with van der Waals surface area (Å²) < 4.78 is 5.31. The Bertz CT molecular complexity index is 746. The first-order valence-corrected chi connectivity index (χ1v) is 9.05. The van der Waals surface area contributed by atoms with Gasteiger partial charge in [0.1, 0.15) is 5.25 Å². The molecule has 0 heterocycles. The Morgan fingerprint density at radius 3 is 2.36 bits per heavy atom. The second-order valence-electron chi connectivity index (χ2n) is 5.96. The maximum atomic E-state index is 12.3. The number of thioether (sulfide) groups is 1. The van der Waals surface area contributed by atoms with Crippen LogP contribution >= 0.6 is 11.8 Å². The van der Waals surface area contributed by atoms with Crippen LogP contribution in [0.25, 0.3) is 0 Å². The molecular formula is C20H23NO3S. The van der Waals surface area contributed by atoms with Gasteiger partial charge in [-0.05, 0) is 51.5 Å². The van der Waals surface area contributed by atoms with Gasteiger partial charge in [-0.2, -0.15) is 0 Å². The molecule has 0 bridgehead atoms. The van der Waals surface area contributed by atoms with Gasteiger partial charge in [-0.1, -0.05) is 35.9 Å². The van der Waals surface area contributed by atoms with Crippen LogP contribution in [0.3, 0.4) is 0 Å². The Hall–Kier alpha value is -2.27. The third-order valence-electron chi connectivity index (χ3n) is 3.69. The molecule has 0 saturated heterocycles. The standard InChI is InChI=1S/C20H23NO3S/c1-13-10-11-18(14(2)12-13)21-19(22)15(3)24-20(23)16(4)25-17-8-6-5-7-9-17/h5-12,15-16H,1-4H3,(H,21,22). The lowest BCUT2D eigenvalue weighted by atomic mass is 10.1. The first kappa shape index (κ1) is 19.1. The minimum Gasteiger partial charge on any atom is -0.452 e. The largest absolute Gasteiger partial charge is 0.452 e. The van der Waals surface area contributed by atoms with Gasteiger partial charge in [0, 0.05) is 10.6 Å². The van der Waals surface area contributed by atoms with Gasteiger partial charge < -0.3 is 10.1 Å². The Balaban J connectivity index is 1.90. The number of esters is 1. The van der Waals surface area contributed by atoms with Crippen molar-refractivity contribution >= 4 is 29.3 Å². The van der Waals surface area contributed by atoms with Gasteiger partial charge in [-0.25, -0.2) is 0 Å². The molecule has 0 fully saturated rings. The zero-order chi connectivity index (χ0) is 18.4. The molecule has 2 unspecified atom stereocenters. The maximum Gasteiger partial charge on any atom is 0.319 e. The number of rotatable bonds is 6. The van der Waals surface area contributed by atoms with Gasteiger partial charge in [0.2, 0.25) is 0 Å². The molecule has 2 aromatic carbocycles. The predicted octanol–water partition coefficient (Wildman–Crippen LogP) is 4.35. The topological polar surface area (TPSA) is 55.4 Å². The van der Waals surface area contributed by atoms with Crippen LogP contribution in [0.15, 0.2) is 53.4 Å². The fraction of sp³-hybridized carbons (Fsp3) is 0.300. The second kappa shape index (κ2) is 8.72. The Kier molecular flexibility index (Phi) is 6.65. The summed E-state index contributed by atoms with van der Waals surface area (Å²) in [6.45, 7) is 7.28. The molecule has 0 aromatic heterocycles. The van der Waals surface area contributed by atoms with Crippen molar-refractivity contribution in [2.45, 2.75) is 43.9 Å². The third-order valence-corrected chi connectivity index (χ3v) is 4.78. The van der Waals surface area contributed by atoms with E-state index in [-0.39, 0.29) is 5.91 Å². The van der Waals surface area contributed by atoms with Gasteiger partial charge >= 0.3 is 5.97 Å². The number of carbonyl (C=O) groups is 2. The first-order valence-electron chi connectivity index (χ1n) is 8.17. The molecule has 0 aliphatic rings. The molecule has 132 valence electrons. The minimum atomic E-state index is -0.855. The molecular weight excluding hydrogens is 334 g/mol. The molecule has 1 amide bonds. The van der Waals surface area contributed by atoms with E-state index in [0.717, 1.165) is 21.7 Å². The zero-order valence-corrected chi connectivity index (χ0v) is 15.7. The number of hydrogen-bond donors (Lipinski definition) is 1. The maximum absolute atomic E-state index is 12.3. The number of carbonyl (C=O) groups excluding carboxylic acids is 2. The lowest BCUT2D eigenvalue weighted by Gasteiger charge is -2.17. The monoisotopic (exact) mass is 357 g/mol. The van der Waals surface area contributed by atoms with E-state index in [1.807, 2.05) is 62.4 Å². The van der Waals surface area contributed by atoms with Gasteiger partial charge in [-0.15, -0.1) is 11.8 Å². The zero-order valence-electron chi connectivity index (χ0n) is 14.9. The van der Waals surface area contributed by atoms with E-state index in [1.54, 1.807) is 13.8 Å². The Labute approximate surface area is 153 Å². The van der Waals surface area contributed by atoms with Crippen LogP contribution in [0.4, 0.5) is 5.69 Å². The highest BCUT2D eigenvalue weighted by Crippen LogP contribution is 2.24. The highest BCUT2D eigenvalue weighted by molar-refractivity contribution is 8.00. The minimum absolute atomic E-state index is 0.336. The Morgan fingerprint density at radius 1 is 1.04 bits per heavy atom. The average Bonchev–Trinajstić information content (AvgIpc) is 2.58. The molecule has 25 heavy (non-hydrogen) atoms. The molecule has 2 aromatic rings. The highest BCUT2D eigenvalue weighted by Gasteiger charge is 2.23. The van der Waals surface area contributed by atoms with Crippen molar-refractivity contribution in [3.8, 4) is 0 Å². The van der Waals surface area contributed by atoms with E-state index >= 15 is 0 Å². The first-order chi connectivity index (χ1) is 11.9. The summed E-state index contributed by atoms with van der Waals surface area (Å²) >= 11 is 1.41. The molecule has 0 aliphatic heterocycles. The molecule has 2 rings (SSSR count). The van der Waals surface area contributed by atoms with Crippen LogP contribution in [0.1, 0.15) is 25.0 Å². The highest BCUT2D eigenvalue weighted by atomic mass is 32.2. The van der Waals surface area contributed by atoms with E-state index in [2.05, 4.69) is 5.32 Å². The van der Waals surface area contributed by atoms with Crippen molar-refractivity contribution in [1.82, 2.24) is 0 Å². The van der Waals surface area contributed by atoms with Crippen molar-refractivity contribution in [1.29, 1.82) is 0 Å². The van der Waals surface area contributed by atoms with Crippen LogP contribution < -0.4 is 5.32 Å². The summed E-state index contributed by atoms with van der Waals surface area (Å²) in [6.07, 6.45) is -0.855. The number of amides is 1. The number of nitrogens with one attached hydrogen (secondary N) is 1. The smallest absolute Gasteiger partial charge is 0.319 e. The summed E-state index contributed by atoms with van der Waals surface area (Å²) in [7, 11) is 0. The van der Waals surface area contributed by atoms with E-state index in [1.165, 1.54) is 11.8 Å². The van der Waals surface area contributed by atoms with Gasteiger partial charge in [0.05, 0.1) is 0 Å². The number of ether oxygens (including phenoxy) is 1. The van der Waals surface area contributed by atoms with Crippen LogP contribution in [0.5, 0.6) is 0 Å². The lowest BCUT2D eigenvalue weighted by molar-refractivity contribution is -0.152. The van der Waals surface area contributed by atoms with Gasteiger partial charge in [0.25, 0.3) is 5.91 Å². The molecule has 0 spiro atoms. The van der Waals surface area contributed by atoms with Crippen LogP contribution in [-0.4, -0.2) is 23.2 Å². The number of aryl methyl sites for hydroxylation is 2. The summed E-state index contributed by atoms with van der Waals surface area (Å²) in [5.74, 6) is -0.741. The van der Waals surface area contributed by atoms with Crippen molar-refractivity contribution in [3.05, 3.63) is 59.7 Å². The number of benzene rings is 2. The summed E-state index contributed by atoms with van der Waals surface area (Å²) in [5, 5.41) is 2.42. The van der Waals surface area contributed by atoms with Crippen LogP contribution in [-0.2, 0) is 14.3 Å². The number of hydrogen-bond acceptors (Lipinski definition) is 4. The van der Waals surface area contributed by atoms with Crippen molar-refractivity contribution in [2.24, 2.45) is 0 Å². The van der Waals surface area contributed by atoms with E-state index < -0.39 is 17.3 Å². The van der Waals surface area contributed by atoms with Gasteiger partial charge in [0.15, 0.2) is 6.10 Å². The van der Waals surface area contributed by atoms with Crippen molar-refractivity contribution in [2.75, 3.05) is 5.32 Å². The normalized spacial score (nSPS) is 13.0. The summed E-state index contributed by atoms with van der Waals surface area (Å²) in [5.41, 5.74) is 2.83. The van der Waals surface area contributed by atoms with E-state index in [4.69, 9.17) is 4.74 Å². The molecule has 0 aliphatic carbocycles. The van der Waals surface area contributed by atoms with Crippen molar-refractivity contribution < 1.29 is 14.3 Å². The second-order valence-corrected chi connectivity index (χ2v) is 7.37. The van der Waals surface area contributed by atoms with Crippen LogP contribution in [0.2, 0.25) is 0 Å².